The number of nitrogens with zero attached hydrogens (tertiary/aromatic N) is 1. The number of ether oxygens (including phenoxy) is 2. The third-order valence-electron chi connectivity index (χ3n) is 5.45. The number of pyridine rings is 1. The minimum atomic E-state index is -0.338. The first-order valence-electron chi connectivity index (χ1n) is 11.6. The van der Waals surface area contributed by atoms with Gasteiger partial charge in [-0.2, -0.15) is 11.3 Å². The standard InChI is InChI=1S/C26H33NO4S/c1-2-29-14-11-9-7-5-3-4-6-8-10-12-15-30-25-18-24-22(19-27-25)17-23(26(28)31-24)21-13-16-32-20-21/h2,13,16-20H,1,3-12,14-15H2. The molecule has 3 rings (SSSR count). The van der Waals surface area contributed by atoms with E-state index in [1.807, 2.05) is 22.9 Å². The molecular weight excluding hydrogens is 422 g/mol. The van der Waals surface area contributed by atoms with Crippen LogP contribution in [0.1, 0.15) is 64.2 Å². The molecule has 172 valence electrons. The third kappa shape index (κ3) is 7.83. The summed E-state index contributed by atoms with van der Waals surface area (Å²) in [5.74, 6) is 0.502. The van der Waals surface area contributed by atoms with Crippen molar-refractivity contribution in [1.29, 1.82) is 0 Å². The number of aromatic nitrogens is 1. The highest BCUT2D eigenvalue weighted by molar-refractivity contribution is 7.08. The van der Waals surface area contributed by atoms with Crippen molar-refractivity contribution in [2.45, 2.75) is 64.2 Å². The molecule has 5 nitrogen and oxygen atoms in total. The predicted molar refractivity (Wildman–Crippen MR) is 131 cm³/mol. The SMILES string of the molecule is C=COCCCCCCCCCCCCOc1cc2oc(=O)c(-c3ccsc3)cc2cn1. The molecule has 3 heterocycles. The van der Waals surface area contributed by atoms with Crippen LogP contribution in [0.4, 0.5) is 0 Å². The van der Waals surface area contributed by atoms with Gasteiger partial charge in [-0.25, -0.2) is 9.78 Å². The van der Waals surface area contributed by atoms with Gasteiger partial charge in [0.1, 0.15) is 5.58 Å². The lowest BCUT2D eigenvalue weighted by atomic mass is 10.1. The zero-order valence-corrected chi connectivity index (χ0v) is 19.5. The first-order valence-corrected chi connectivity index (χ1v) is 12.5. The van der Waals surface area contributed by atoms with Gasteiger partial charge in [-0.05, 0) is 41.3 Å². The van der Waals surface area contributed by atoms with Crippen LogP contribution in [-0.2, 0) is 4.74 Å². The Hall–Kier alpha value is -2.60. The average molecular weight is 456 g/mol. The van der Waals surface area contributed by atoms with Gasteiger partial charge in [0, 0.05) is 17.6 Å². The van der Waals surface area contributed by atoms with Crippen LogP contribution in [0.3, 0.4) is 0 Å². The summed E-state index contributed by atoms with van der Waals surface area (Å²) in [5.41, 5.74) is 1.61. The Bertz CT molecular complexity index is 997. The Labute approximate surface area is 194 Å². The fourth-order valence-electron chi connectivity index (χ4n) is 3.66. The highest BCUT2D eigenvalue weighted by Crippen LogP contribution is 2.24. The molecule has 0 amide bonds. The summed E-state index contributed by atoms with van der Waals surface area (Å²) in [6, 6.07) is 5.45. The second-order valence-electron chi connectivity index (χ2n) is 7.94. The Morgan fingerprint density at radius 2 is 1.66 bits per heavy atom. The molecule has 0 saturated heterocycles. The first-order chi connectivity index (χ1) is 15.8. The molecule has 0 N–H and O–H groups in total. The van der Waals surface area contributed by atoms with E-state index in [0.717, 1.165) is 36.8 Å². The van der Waals surface area contributed by atoms with Crippen LogP contribution < -0.4 is 10.4 Å². The lowest BCUT2D eigenvalue weighted by Crippen LogP contribution is -2.03. The van der Waals surface area contributed by atoms with E-state index in [2.05, 4.69) is 11.6 Å². The monoisotopic (exact) mass is 455 g/mol. The zero-order chi connectivity index (χ0) is 22.4. The fraction of sp³-hybridized carbons (Fsp3) is 0.462. The normalized spacial score (nSPS) is 11.0. The number of hydrogen-bond donors (Lipinski definition) is 0. The van der Waals surface area contributed by atoms with Crippen LogP contribution in [0.25, 0.3) is 22.1 Å². The quantitative estimate of drug-likeness (QED) is 0.167. The topological polar surface area (TPSA) is 61.6 Å². The molecule has 0 atom stereocenters. The fourth-order valence-corrected chi connectivity index (χ4v) is 4.31. The Morgan fingerprint density at radius 1 is 0.969 bits per heavy atom. The highest BCUT2D eigenvalue weighted by Gasteiger charge is 2.09. The second-order valence-corrected chi connectivity index (χ2v) is 8.72. The molecule has 32 heavy (non-hydrogen) atoms. The molecule has 3 aromatic heterocycles. The van der Waals surface area contributed by atoms with Crippen LogP contribution in [0.15, 0.2) is 57.2 Å². The van der Waals surface area contributed by atoms with Crippen molar-refractivity contribution >= 4 is 22.3 Å². The molecule has 3 aromatic rings. The average Bonchev–Trinajstić information content (AvgIpc) is 3.33. The van der Waals surface area contributed by atoms with Gasteiger partial charge in [-0.1, -0.05) is 57.9 Å². The van der Waals surface area contributed by atoms with Gasteiger partial charge in [-0.15, -0.1) is 0 Å². The minimum Gasteiger partial charge on any atom is -0.502 e. The lowest BCUT2D eigenvalue weighted by molar-refractivity contribution is 0.241. The predicted octanol–water partition coefficient (Wildman–Crippen LogP) is 7.36. The molecule has 0 aliphatic carbocycles. The number of unbranched alkanes of at least 4 members (excludes halogenated alkanes) is 9. The van der Waals surface area contributed by atoms with Crippen LogP contribution in [0, 0.1) is 0 Å². The Kier molecular flexibility index (Phi) is 10.3. The van der Waals surface area contributed by atoms with Crippen molar-refractivity contribution in [3.63, 3.8) is 0 Å². The van der Waals surface area contributed by atoms with E-state index in [-0.39, 0.29) is 5.63 Å². The van der Waals surface area contributed by atoms with Gasteiger partial charge in [0.05, 0.1) is 25.0 Å². The number of fused-ring (bicyclic) bond motifs is 1. The number of thiophene rings is 1. The van der Waals surface area contributed by atoms with E-state index in [1.54, 1.807) is 23.6 Å². The van der Waals surface area contributed by atoms with E-state index in [9.17, 15) is 4.79 Å². The molecule has 6 heteroatoms. The summed E-state index contributed by atoms with van der Waals surface area (Å²) in [5, 5.41) is 4.67. The van der Waals surface area contributed by atoms with E-state index < -0.39 is 0 Å². The summed E-state index contributed by atoms with van der Waals surface area (Å²) >= 11 is 1.55. The van der Waals surface area contributed by atoms with Crippen molar-refractivity contribution in [3.8, 4) is 17.0 Å². The Balaban J connectivity index is 1.28. The molecule has 0 fully saturated rings. The molecule has 0 spiro atoms. The summed E-state index contributed by atoms with van der Waals surface area (Å²) in [6.07, 6.45) is 15.5. The third-order valence-corrected chi connectivity index (χ3v) is 6.13. The molecule has 0 bridgehead atoms. The molecule has 0 unspecified atom stereocenters. The lowest BCUT2D eigenvalue weighted by Gasteiger charge is -2.07. The van der Waals surface area contributed by atoms with Crippen LogP contribution in [0.5, 0.6) is 5.88 Å². The summed E-state index contributed by atoms with van der Waals surface area (Å²) in [7, 11) is 0. The zero-order valence-electron chi connectivity index (χ0n) is 18.7. The van der Waals surface area contributed by atoms with E-state index in [0.29, 0.717) is 23.6 Å². The summed E-state index contributed by atoms with van der Waals surface area (Å²) in [6.45, 7) is 4.97. The molecular formula is C26H33NO4S. The van der Waals surface area contributed by atoms with E-state index in [1.165, 1.54) is 51.2 Å². The first kappa shape index (κ1) is 24.1. The van der Waals surface area contributed by atoms with Crippen molar-refractivity contribution in [3.05, 3.63) is 58.4 Å². The maximum Gasteiger partial charge on any atom is 0.344 e. The van der Waals surface area contributed by atoms with Crippen molar-refractivity contribution in [2.75, 3.05) is 13.2 Å². The van der Waals surface area contributed by atoms with Gasteiger partial charge >= 0.3 is 5.63 Å². The summed E-state index contributed by atoms with van der Waals surface area (Å²) < 4.78 is 16.4. The highest BCUT2D eigenvalue weighted by atomic mass is 32.1. The largest absolute Gasteiger partial charge is 0.502 e. The van der Waals surface area contributed by atoms with Gasteiger partial charge in [0.25, 0.3) is 0 Å². The van der Waals surface area contributed by atoms with Crippen molar-refractivity contribution < 1.29 is 13.9 Å². The van der Waals surface area contributed by atoms with E-state index >= 15 is 0 Å². The number of rotatable bonds is 16. The summed E-state index contributed by atoms with van der Waals surface area (Å²) in [4.78, 5) is 16.7. The smallest absolute Gasteiger partial charge is 0.344 e. The van der Waals surface area contributed by atoms with Crippen LogP contribution in [-0.4, -0.2) is 18.2 Å². The Morgan fingerprint density at radius 3 is 2.31 bits per heavy atom. The molecule has 0 aliphatic heterocycles. The molecule has 0 radical (unpaired) electrons. The van der Waals surface area contributed by atoms with Crippen molar-refractivity contribution in [1.82, 2.24) is 4.98 Å². The van der Waals surface area contributed by atoms with Crippen molar-refractivity contribution in [2.24, 2.45) is 0 Å². The van der Waals surface area contributed by atoms with Gasteiger partial charge < -0.3 is 13.9 Å². The van der Waals surface area contributed by atoms with E-state index in [4.69, 9.17) is 13.9 Å². The van der Waals surface area contributed by atoms with Gasteiger partial charge in [0.15, 0.2) is 0 Å². The minimum absolute atomic E-state index is 0.338. The molecule has 0 saturated carbocycles. The van der Waals surface area contributed by atoms with Crippen LogP contribution in [0.2, 0.25) is 0 Å². The van der Waals surface area contributed by atoms with Gasteiger partial charge in [-0.3, -0.25) is 0 Å². The van der Waals surface area contributed by atoms with Gasteiger partial charge in [0.2, 0.25) is 5.88 Å². The van der Waals surface area contributed by atoms with Crippen LogP contribution >= 0.6 is 11.3 Å². The second kappa shape index (κ2) is 13.7. The number of hydrogen-bond acceptors (Lipinski definition) is 6. The molecule has 0 aromatic carbocycles. The molecule has 0 aliphatic rings. The maximum atomic E-state index is 12.3. The maximum absolute atomic E-state index is 12.3.